The Kier molecular flexibility index (Phi) is 4.86. The van der Waals surface area contributed by atoms with Gasteiger partial charge in [0.2, 0.25) is 0 Å². The highest BCUT2D eigenvalue weighted by atomic mass is 35.5. The number of halogens is 1. The van der Waals surface area contributed by atoms with Crippen LogP contribution in [0, 0.1) is 0 Å². The zero-order valence-electron chi connectivity index (χ0n) is 16.2. The van der Waals surface area contributed by atoms with Gasteiger partial charge in [0.25, 0.3) is 0 Å². The predicted octanol–water partition coefficient (Wildman–Crippen LogP) is 4.52. The minimum absolute atomic E-state index is 0.362. The molecule has 4 rings (SSSR count). The van der Waals surface area contributed by atoms with E-state index in [-0.39, 0.29) is 0 Å². The molecule has 0 bridgehead atoms. The molecular weight excluding hydrogens is 392 g/mol. The number of aromatic nitrogens is 5. The van der Waals surface area contributed by atoms with Crippen LogP contribution in [0.1, 0.15) is 0 Å². The van der Waals surface area contributed by atoms with Crippen LogP contribution in [0.5, 0.6) is 0 Å². The zero-order chi connectivity index (χ0) is 19.9. The third-order valence-corrected chi connectivity index (χ3v) is 6.83. The van der Waals surface area contributed by atoms with Gasteiger partial charge in [0.15, 0.2) is 5.65 Å². The number of para-hydroxylation sites is 1. The molecule has 9 heteroatoms. The Hall–Kier alpha value is -2.42. The molecule has 0 fully saturated rings. The number of aromatic amines is 1. The van der Waals surface area contributed by atoms with Gasteiger partial charge in [-0.3, -0.25) is 5.10 Å². The Balaban J connectivity index is 1.82. The van der Waals surface area contributed by atoms with Crippen molar-refractivity contribution in [1.29, 1.82) is 0 Å². The molecule has 0 atom stereocenters. The van der Waals surface area contributed by atoms with Gasteiger partial charge >= 0.3 is 0 Å². The lowest BCUT2D eigenvalue weighted by Gasteiger charge is -2.16. The fraction of sp³-hybridized carbons (Fsp3) is 0.316. The standard InChI is InChI=1S/C19H23ClN6OSi/c1-28(2,3)9-8-27-11-26-13-7-5-4-6-12(13)15(20)17(26)16-14-18(21)22-10-23-19(14)25-24-16/h4-7,10H,8-9,11H2,1-3H3,(H3,21,22,23,24,25). The molecule has 0 aliphatic rings. The molecule has 0 radical (unpaired) electrons. The number of H-pyrrole nitrogens is 1. The fourth-order valence-electron chi connectivity index (χ4n) is 3.22. The second-order valence-electron chi connectivity index (χ2n) is 8.01. The lowest BCUT2D eigenvalue weighted by Crippen LogP contribution is -2.22. The van der Waals surface area contributed by atoms with E-state index in [1.165, 1.54) is 6.33 Å². The molecule has 7 nitrogen and oxygen atoms in total. The number of ether oxygens (including phenoxy) is 1. The molecule has 4 aromatic rings. The van der Waals surface area contributed by atoms with E-state index in [9.17, 15) is 0 Å². The number of nitrogens with two attached hydrogens (primary N) is 1. The van der Waals surface area contributed by atoms with Gasteiger partial charge in [-0.05, 0) is 12.1 Å². The number of anilines is 1. The first-order valence-corrected chi connectivity index (χ1v) is 13.2. The number of nitrogens with zero attached hydrogens (tertiary/aromatic N) is 4. The van der Waals surface area contributed by atoms with Crippen molar-refractivity contribution in [3.05, 3.63) is 35.6 Å². The summed E-state index contributed by atoms with van der Waals surface area (Å²) in [5, 5.41) is 9.55. The molecule has 1 aromatic carbocycles. The summed E-state index contributed by atoms with van der Waals surface area (Å²) >= 11 is 6.79. The van der Waals surface area contributed by atoms with E-state index in [1.54, 1.807) is 0 Å². The largest absolute Gasteiger partial charge is 0.383 e. The van der Waals surface area contributed by atoms with Crippen LogP contribution >= 0.6 is 11.6 Å². The highest BCUT2D eigenvalue weighted by molar-refractivity contribution is 6.76. The minimum atomic E-state index is -1.16. The summed E-state index contributed by atoms with van der Waals surface area (Å²) in [7, 11) is -1.16. The van der Waals surface area contributed by atoms with Crippen LogP contribution in [0.15, 0.2) is 30.6 Å². The van der Waals surface area contributed by atoms with Gasteiger partial charge in [-0.25, -0.2) is 9.97 Å². The molecule has 0 spiro atoms. The normalized spacial score (nSPS) is 12.3. The molecule has 3 N–H and O–H groups in total. The average Bonchev–Trinajstić information content (AvgIpc) is 3.19. The van der Waals surface area contributed by atoms with E-state index >= 15 is 0 Å². The number of nitrogen functional groups attached to an aromatic ring is 1. The number of benzene rings is 1. The maximum atomic E-state index is 6.79. The van der Waals surface area contributed by atoms with Crippen molar-refractivity contribution in [2.24, 2.45) is 0 Å². The first kappa shape index (κ1) is 18.9. The second-order valence-corrected chi connectivity index (χ2v) is 14.0. The molecule has 3 heterocycles. The van der Waals surface area contributed by atoms with Crippen LogP contribution in [0.4, 0.5) is 5.82 Å². The number of hydrogen-bond donors (Lipinski definition) is 2. The lowest BCUT2D eigenvalue weighted by molar-refractivity contribution is 0.0912. The Morgan fingerprint density at radius 2 is 2.00 bits per heavy atom. The monoisotopic (exact) mass is 414 g/mol. The predicted molar refractivity (Wildman–Crippen MR) is 116 cm³/mol. The van der Waals surface area contributed by atoms with Crippen LogP contribution in [0.3, 0.4) is 0 Å². The van der Waals surface area contributed by atoms with Gasteiger partial charge in [0.05, 0.1) is 27.3 Å². The maximum Gasteiger partial charge on any atom is 0.186 e. The van der Waals surface area contributed by atoms with E-state index < -0.39 is 8.07 Å². The quantitative estimate of drug-likeness (QED) is 0.357. The average molecular weight is 415 g/mol. The lowest BCUT2D eigenvalue weighted by atomic mass is 10.2. The summed E-state index contributed by atoms with van der Waals surface area (Å²) in [6, 6.07) is 9.09. The van der Waals surface area contributed by atoms with E-state index in [0.717, 1.165) is 22.6 Å². The van der Waals surface area contributed by atoms with Gasteiger partial charge in [0, 0.05) is 20.1 Å². The Bertz CT molecular complexity index is 1150. The van der Waals surface area contributed by atoms with Gasteiger partial charge in [-0.1, -0.05) is 49.4 Å². The third-order valence-electron chi connectivity index (χ3n) is 4.74. The molecular formula is C19H23ClN6OSi. The molecule has 0 saturated heterocycles. The SMILES string of the molecule is C[Si](C)(C)CCOCn1c(-c2[nH]nc3ncnc(N)c23)c(Cl)c2ccccc21. The third kappa shape index (κ3) is 3.39. The Labute approximate surface area is 168 Å². The number of nitrogens with one attached hydrogen (secondary N) is 1. The summed E-state index contributed by atoms with van der Waals surface area (Å²) in [6.45, 7) is 8.12. The molecule has 0 saturated carbocycles. The highest BCUT2D eigenvalue weighted by Crippen LogP contribution is 2.40. The number of rotatable bonds is 6. The molecule has 0 amide bonds. The van der Waals surface area contributed by atoms with Crippen LogP contribution in [0.25, 0.3) is 33.3 Å². The summed E-state index contributed by atoms with van der Waals surface area (Å²) in [5.74, 6) is 0.362. The van der Waals surface area contributed by atoms with Crippen molar-refractivity contribution < 1.29 is 4.74 Å². The second kappa shape index (κ2) is 7.19. The zero-order valence-corrected chi connectivity index (χ0v) is 17.9. The molecule has 146 valence electrons. The molecule has 28 heavy (non-hydrogen) atoms. The van der Waals surface area contributed by atoms with Crippen molar-refractivity contribution in [2.45, 2.75) is 32.4 Å². The molecule has 3 aromatic heterocycles. The summed E-state index contributed by atoms with van der Waals surface area (Å²) in [5.41, 5.74) is 9.09. The first-order valence-electron chi connectivity index (χ1n) is 9.16. The van der Waals surface area contributed by atoms with Crippen LogP contribution in [0.2, 0.25) is 30.7 Å². The molecule has 0 unspecified atom stereocenters. The number of hydrogen-bond acceptors (Lipinski definition) is 5. The van der Waals surface area contributed by atoms with E-state index in [2.05, 4.69) is 44.4 Å². The van der Waals surface area contributed by atoms with Crippen LogP contribution < -0.4 is 5.73 Å². The van der Waals surface area contributed by atoms with Gasteiger partial charge in [-0.15, -0.1) is 0 Å². The maximum absolute atomic E-state index is 6.79. The smallest absolute Gasteiger partial charge is 0.186 e. The highest BCUT2D eigenvalue weighted by Gasteiger charge is 2.23. The summed E-state index contributed by atoms with van der Waals surface area (Å²) in [6.07, 6.45) is 1.40. The van der Waals surface area contributed by atoms with Crippen LogP contribution in [-0.4, -0.2) is 39.4 Å². The van der Waals surface area contributed by atoms with E-state index in [4.69, 9.17) is 22.1 Å². The fourth-order valence-corrected chi connectivity index (χ4v) is 4.34. The van der Waals surface area contributed by atoms with Gasteiger partial charge in [0.1, 0.15) is 18.9 Å². The van der Waals surface area contributed by atoms with Crippen LogP contribution in [-0.2, 0) is 11.5 Å². The van der Waals surface area contributed by atoms with E-state index in [1.807, 2.05) is 24.3 Å². The summed E-state index contributed by atoms with van der Waals surface area (Å²) in [4.78, 5) is 8.30. The Morgan fingerprint density at radius 1 is 1.21 bits per heavy atom. The van der Waals surface area contributed by atoms with Gasteiger partial charge in [-0.2, -0.15) is 5.10 Å². The minimum Gasteiger partial charge on any atom is -0.383 e. The van der Waals surface area contributed by atoms with Crippen molar-refractivity contribution >= 4 is 47.4 Å². The molecule has 0 aliphatic heterocycles. The van der Waals surface area contributed by atoms with Crippen molar-refractivity contribution in [3.8, 4) is 11.4 Å². The summed E-state index contributed by atoms with van der Waals surface area (Å²) < 4.78 is 8.10. The van der Waals surface area contributed by atoms with Gasteiger partial charge < -0.3 is 15.0 Å². The van der Waals surface area contributed by atoms with E-state index in [0.29, 0.717) is 40.9 Å². The van der Waals surface area contributed by atoms with Crippen molar-refractivity contribution in [3.63, 3.8) is 0 Å². The topological polar surface area (TPSA) is 94.6 Å². The van der Waals surface area contributed by atoms with Crippen molar-refractivity contribution in [2.75, 3.05) is 12.3 Å². The van der Waals surface area contributed by atoms with Crippen molar-refractivity contribution in [1.82, 2.24) is 24.7 Å². The molecule has 0 aliphatic carbocycles. The Morgan fingerprint density at radius 3 is 2.79 bits per heavy atom. The first-order chi connectivity index (χ1) is 13.4. The number of fused-ring (bicyclic) bond motifs is 2.